The molecule has 0 aliphatic heterocycles. The highest BCUT2D eigenvalue weighted by Crippen LogP contribution is 2.06. The minimum absolute atomic E-state index is 0.0969. The van der Waals surface area contributed by atoms with Gasteiger partial charge in [0.05, 0.1) is 37.8 Å². The van der Waals surface area contributed by atoms with Gasteiger partial charge in [-0.25, -0.2) is 14.8 Å². The first-order chi connectivity index (χ1) is 23.7. The highest BCUT2D eigenvalue weighted by molar-refractivity contribution is 7.98. The molecule has 5 amide bonds. The Morgan fingerprint density at radius 1 is 0.780 bits per heavy atom. The van der Waals surface area contributed by atoms with E-state index in [-0.39, 0.29) is 12.8 Å². The molecule has 2 aromatic heterocycles. The molecule has 0 fully saturated rings. The van der Waals surface area contributed by atoms with Crippen molar-refractivity contribution in [2.45, 2.75) is 75.0 Å². The summed E-state index contributed by atoms with van der Waals surface area (Å²) in [6.45, 7) is 0.152. The molecule has 0 radical (unpaired) electrons. The number of carbonyl (C=O) groups excluding carboxylic acids is 5. The maximum absolute atomic E-state index is 13.3. The Morgan fingerprint density at radius 3 is 1.68 bits per heavy atom. The number of carboxylic acids is 2. The lowest BCUT2D eigenvalue weighted by atomic mass is 10.1. The summed E-state index contributed by atoms with van der Waals surface area (Å²) in [4.78, 5) is 101. The van der Waals surface area contributed by atoms with Crippen molar-refractivity contribution < 1.29 is 54.0 Å². The van der Waals surface area contributed by atoms with Crippen LogP contribution in [0.2, 0.25) is 0 Å². The zero-order valence-corrected chi connectivity index (χ0v) is 27.9. The number of nitrogens with two attached hydrogens (primary N) is 1. The van der Waals surface area contributed by atoms with Crippen molar-refractivity contribution in [3.8, 4) is 0 Å². The van der Waals surface area contributed by atoms with Crippen LogP contribution in [0.15, 0.2) is 25.0 Å². The van der Waals surface area contributed by atoms with Crippen LogP contribution < -0.4 is 32.3 Å². The molecule has 0 saturated heterocycles. The fourth-order valence-electron chi connectivity index (χ4n) is 4.34. The number of aliphatic hydroxyl groups excluding tert-OH is 2. The molecule has 0 saturated carbocycles. The van der Waals surface area contributed by atoms with E-state index in [2.05, 4.69) is 41.2 Å². The Morgan fingerprint density at radius 2 is 1.26 bits per heavy atom. The van der Waals surface area contributed by atoms with E-state index in [4.69, 9.17) is 10.8 Å². The van der Waals surface area contributed by atoms with Crippen LogP contribution in [-0.2, 0) is 46.4 Å². The number of aromatic nitrogens is 4. The summed E-state index contributed by atoms with van der Waals surface area (Å²) in [6, 6.07) is -9.10. The number of carboxylic acid groups (broad SMARTS) is 2. The van der Waals surface area contributed by atoms with Crippen LogP contribution in [0.5, 0.6) is 0 Å². The second-order valence-corrected chi connectivity index (χ2v) is 12.0. The Bertz CT molecular complexity index is 1440. The molecule has 2 heterocycles. The summed E-state index contributed by atoms with van der Waals surface area (Å²) in [5.41, 5.74) is 6.69. The van der Waals surface area contributed by atoms with E-state index in [0.717, 1.165) is 6.92 Å². The van der Waals surface area contributed by atoms with E-state index in [9.17, 15) is 48.9 Å². The molecule has 2 aromatic rings. The number of hydrogen-bond donors (Lipinski definition) is 12. The van der Waals surface area contributed by atoms with Gasteiger partial charge in [-0.3, -0.25) is 28.8 Å². The molecule has 7 atom stereocenters. The standard InChI is InChI=1S/C28H42N10O11S/c1-13(40)22(27(47)35-18(6-15-9-31-12-33-15)24(44)36-19(28(48)49)7-21(41)42)38-26(46)20(10-39)37-25(45)17(5-14-8-30-11-32-14)34-23(43)16(29)3-4-50-2/h8-9,11-13,16-20,22,39-40H,3-7,10,29H2,1-2H3,(H,30,32)(H,31,33)(H,34,43)(H,35,47)(H,36,44)(H,37,45)(H,38,46)(H,41,42)(H,48,49)/t13-,16+,17+,18+,19+,20+,22+/m1/s1. The number of aliphatic carboxylic acids is 2. The number of H-pyrrole nitrogens is 2. The van der Waals surface area contributed by atoms with Gasteiger partial charge in [0.1, 0.15) is 30.2 Å². The second kappa shape index (κ2) is 20.5. The molecule has 0 aliphatic carbocycles. The Kier molecular flexibility index (Phi) is 16.8. The third kappa shape index (κ3) is 13.4. The number of nitrogens with one attached hydrogen (secondary N) is 7. The van der Waals surface area contributed by atoms with Gasteiger partial charge in [-0.1, -0.05) is 0 Å². The smallest absolute Gasteiger partial charge is 0.326 e. The minimum Gasteiger partial charge on any atom is -0.481 e. The number of rotatable bonds is 22. The summed E-state index contributed by atoms with van der Waals surface area (Å²) < 4.78 is 0. The zero-order valence-electron chi connectivity index (χ0n) is 27.1. The van der Waals surface area contributed by atoms with E-state index < -0.39 is 96.9 Å². The molecule has 0 unspecified atom stereocenters. The van der Waals surface area contributed by atoms with Gasteiger partial charge in [0.15, 0.2) is 0 Å². The zero-order chi connectivity index (χ0) is 37.4. The maximum Gasteiger partial charge on any atom is 0.326 e. The van der Waals surface area contributed by atoms with Crippen LogP contribution in [0.1, 0.15) is 31.2 Å². The van der Waals surface area contributed by atoms with E-state index in [1.165, 1.54) is 36.8 Å². The Hall–Kier alpha value is -5.06. The van der Waals surface area contributed by atoms with Gasteiger partial charge in [0, 0.05) is 36.6 Å². The number of carbonyl (C=O) groups is 7. The molecular weight excluding hydrogens is 684 g/mol. The van der Waals surface area contributed by atoms with Crippen LogP contribution in [0.25, 0.3) is 0 Å². The average molecular weight is 727 g/mol. The first kappa shape index (κ1) is 41.1. The summed E-state index contributed by atoms with van der Waals surface area (Å²) in [6.07, 6.45) is 4.53. The predicted octanol–water partition coefficient (Wildman–Crippen LogP) is -4.65. The van der Waals surface area contributed by atoms with Crippen molar-refractivity contribution in [1.29, 1.82) is 0 Å². The highest BCUT2D eigenvalue weighted by atomic mass is 32.2. The van der Waals surface area contributed by atoms with Crippen LogP contribution in [0, 0.1) is 0 Å². The number of aliphatic hydroxyl groups is 2. The van der Waals surface area contributed by atoms with Crippen LogP contribution >= 0.6 is 11.8 Å². The first-order valence-electron chi connectivity index (χ1n) is 15.1. The van der Waals surface area contributed by atoms with Crippen molar-refractivity contribution >= 4 is 53.2 Å². The fourth-order valence-corrected chi connectivity index (χ4v) is 4.83. The van der Waals surface area contributed by atoms with Gasteiger partial charge >= 0.3 is 11.9 Å². The van der Waals surface area contributed by atoms with Gasteiger partial charge in [-0.15, -0.1) is 0 Å². The molecular formula is C28H42N10O11S. The maximum atomic E-state index is 13.3. The topological polar surface area (TPSA) is 344 Å². The minimum atomic E-state index is -1.85. The average Bonchev–Trinajstić information content (AvgIpc) is 3.78. The second-order valence-electron chi connectivity index (χ2n) is 11.0. The molecule has 0 bridgehead atoms. The first-order valence-corrected chi connectivity index (χ1v) is 16.5. The summed E-state index contributed by atoms with van der Waals surface area (Å²) in [5, 5.41) is 50.1. The van der Waals surface area contributed by atoms with Gasteiger partial charge in [-0.05, 0) is 25.4 Å². The van der Waals surface area contributed by atoms with Crippen molar-refractivity contribution in [3.63, 3.8) is 0 Å². The van der Waals surface area contributed by atoms with E-state index in [0.29, 0.717) is 23.6 Å². The number of hydrogen-bond acceptors (Lipinski definition) is 13. The molecule has 13 N–H and O–H groups in total. The molecule has 22 heteroatoms. The monoisotopic (exact) mass is 726 g/mol. The van der Waals surface area contributed by atoms with E-state index >= 15 is 0 Å². The lowest BCUT2D eigenvalue weighted by Gasteiger charge is -2.27. The predicted molar refractivity (Wildman–Crippen MR) is 174 cm³/mol. The molecule has 0 spiro atoms. The fraction of sp³-hybridized carbons (Fsp3) is 0.536. The SMILES string of the molecule is CSCC[C@H](N)C(=O)N[C@@H](Cc1cnc[nH]1)C(=O)N[C@@H](CO)C(=O)N[C@H](C(=O)N[C@@H](Cc1cnc[nH]1)C(=O)N[C@@H](CC(=O)O)C(=O)O)[C@@H](C)O. The highest BCUT2D eigenvalue weighted by Gasteiger charge is 2.35. The number of amides is 5. The Labute approximate surface area is 289 Å². The molecule has 21 nitrogen and oxygen atoms in total. The van der Waals surface area contributed by atoms with E-state index in [1.807, 2.05) is 11.6 Å². The van der Waals surface area contributed by atoms with Gasteiger partial charge in [0.25, 0.3) is 0 Å². The normalized spacial score (nSPS) is 15.2. The molecule has 0 aromatic carbocycles. The third-order valence-corrected chi connectivity index (χ3v) is 7.71. The summed E-state index contributed by atoms with van der Waals surface area (Å²) in [7, 11) is 0. The Balaban J connectivity index is 2.21. The molecule has 276 valence electrons. The molecule has 2 rings (SSSR count). The summed E-state index contributed by atoms with van der Waals surface area (Å²) in [5.74, 6) is -7.49. The van der Waals surface area contributed by atoms with Crippen molar-refractivity contribution in [3.05, 3.63) is 36.4 Å². The van der Waals surface area contributed by atoms with Crippen LogP contribution in [0.3, 0.4) is 0 Å². The number of imidazole rings is 2. The summed E-state index contributed by atoms with van der Waals surface area (Å²) >= 11 is 1.47. The quantitative estimate of drug-likeness (QED) is 0.0543. The molecule has 0 aliphatic rings. The van der Waals surface area contributed by atoms with Crippen molar-refractivity contribution in [2.75, 3.05) is 18.6 Å². The lowest BCUT2D eigenvalue weighted by molar-refractivity contribution is -0.147. The van der Waals surface area contributed by atoms with Gasteiger partial charge in [-0.2, -0.15) is 11.8 Å². The van der Waals surface area contributed by atoms with E-state index in [1.54, 1.807) is 0 Å². The largest absolute Gasteiger partial charge is 0.481 e. The third-order valence-electron chi connectivity index (χ3n) is 7.07. The van der Waals surface area contributed by atoms with Crippen LogP contribution in [0.4, 0.5) is 0 Å². The van der Waals surface area contributed by atoms with Crippen LogP contribution in [-0.4, -0.2) is 143 Å². The number of thioether (sulfide) groups is 1. The lowest BCUT2D eigenvalue weighted by Crippen LogP contribution is -2.62. The number of aromatic amines is 2. The van der Waals surface area contributed by atoms with Crippen molar-refractivity contribution in [1.82, 2.24) is 46.5 Å². The molecule has 50 heavy (non-hydrogen) atoms. The number of nitrogens with zero attached hydrogens (tertiary/aromatic N) is 2. The van der Waals surface area contributed by atoms with Crippen molar-refractivity contribution in [2.24, 2.45) is 5.73 Å². The van der Waals surface area contributed by atoms with Gasteiger partial charge in [0.2, 0.25) is 29.5 Å². The van der Waals surface area contributed by atoms with Gasteiger partial charge < -0.3 is 62.7 Å².